The Morgan fingerprint density at radius 1 is 1.03 bits per heavy atom. The van der Waals surface area contributed by atoms with Crippen molar-refractivity contribution in [1.29, 1.82) is 0 Å². The summed E-state index contributed by atoms with van der Waals surface area (Å²) in [7, 11) is 5.13. The van der Waals surface area contributed by atoms with Gasteiger partial charge in [0.1, 0.15) is 11.5 Å². The number of rotatable bonds is 7. The average molecular weight is 469 g/mol. The standard InChI is InChI=1S/C25H32N4O5/c1-28-9-8-18-14-17(4-6-21(18)28)22(29-10-12-34-13-11-29)16-26-24(30)25(31)27-20-15-19(32-2)5-7-23(20)33-3/h4-7,14-15,22H,8-13,16H2,1-3H3,(H,26,30)(H,27,31). The number of carbonyl (C=O) groups is 2. The number of morpholine rings is 1. The van der Waals surface area contributed by atoms with Crippen LogP contribution in [-0.2, 0) is 20.7 Å². The second-order valence-corrected chi connectivity index (χ2v) is 8.45. The van der Waals surface area contributed by atoms with Crippen molar-refractivity contribution in [1.82, 2.24) is 10.2 Å². The van der Waals surface area contributed by atoms with Crippen molar-refractivity contribution in [3.8, 4) is 11.5 Å². The average Bonchev–Trinajstić information content (AvgIpc) is 3.24. The quantitative estimate of drug-likeness (QED) is 0.599. The molecule has 9 nitrogen and oxygen atoms in total. The summed E-state index contributed by atoms with van der Waals surface area (Å²) >= 11 is 0. The molecule has 182 valence electrons. The van der Waals surface area contributed by atoms with Gasteiger partial charge in [0.2, 0.25) is 0 Å². The molecular formula is C25H32N4O5. The van der Waals surface area contributed by atoms with Gasteiger partial charge in [-0.3, -0.25) is 14.5 Å². The predicted octanol–water partition coefficient (Wildman–Crippen LogP) is 1.82. The number of anilines is 2. The molecule has 1 atom stereocenters. The Bertz CT molecular complexity index is 1040. The van der Waals surface area contributed by atoms with E-state index in [-0.39, 0.29) is 6.04 Å². The summed E-state index contributed by atoms with van der Waals surface area (Å²) in [5, 5.41) is 5.45. The highest BCUT2D eigenvalue weighted by Crippen LogP contribution is 2.32. The minimum atomic E-state index is -0.761. The first-order valence-electron chi connectivity index (χ1n) is 11.5. The number of carbonyl (C=O) groups excluding carboxylic acids is 2. The number of likely N-dealkylation sites (N-methyl/N-ethyl adjacent to an activating group) is 1. The summed E-state index contributed by atoms with van der Waals surface area (Å²) in [5.74, 6) is -0.478. The third kappa shape index (κ3) is 5.26. The van der Waals surface area contributed by atoms with Crippen LogP contribution in [0.1, 0.15) is 17.2 Å². The number of amides is 2. The number of hydrogen-bond donors (Lipinski definition) is 2. The molecule has 2 aromatic rings. The van der Waals surface area contributed by atoms with E-state index < -0.39 is 11.8 Å². The maximum absolute atomic E-state index is 12.7. The first-order valence-corrected chi connectivity index (χ1v) is 11.5. The number of ether oxygens (including phenoxy) is 3. The van der Waals surface area contributed by atoms with E-state index >= 15 is 0 Å². The second-order valence-electron chi connectivity index (χ2n) is 8.45. The van der Waals surface area contributed by atoms with Crippen molar-refractivity contribution >= 4 is 23.2 Å². The van der Waals surface area contributed by atoms with Crippen molar-refractivity contribution in [2.75, 3.05) is 70.9 Å². The van der Waals surface area contributed by atoms with Gasteiger partial charge in [-0.15, -0.1) is 0 Å². The monoisotopic (exact) mass is 468 g/mol. The Hall–Kier alpha value is -3.30. The summed E-state index contributed by atoms with van der Waals surface area (Å²) in [6, 6.07) is 11.4. The zero-order valence-corrected chi connectivity index (χ0v) is 19.9. The summed E-state index contributed by atoms with van der Waals surface area (Å²) in [4.78, 5) is 29.9. The largest absolute Gasteiger partial charge is 0.497 e. The molecule has 0 aromatic heterocycles. The molecule has 1 fully saturated rings. The molecule has 9 heteroatoms. The Kier molecular flexibility index (Phi) is 7.54. The lowest BCUT2D eigenvalue weighted by atomic mass is 10.0. The number of methoxy groups -OCH3 is 2. The van der Waals surface area contributed by atoms with Gasteiger partial charge in [0, 0.05) is 45.0 Å². The van der Waals surface area contributed by atoms with Crippen molar-refractivity contribution in [3.63, 3.8) is 0 Å². The van der Waals surface area contributed by atoms with E-state index in [0.717, 1.165) is 31.6 Å². The highest BCUT2D eigenvalue weighted by molar-refractivity contribution is 6.39. The van der Waals surface area contributed by atoms with Gasteiger partial charge in [-0.05, 0) is 35.7 Å². The second kappa shape index (κ2) is 10.8. The SMILES string of the molecule is COc1ccc(OC)c(NC(=O)C(=O)NCC(c2ccc3c(c2)CCN3C)N2CCOCC2)c1. The van der Waals surface area contributed by atoms with Crippen LogP contribution in [0.3, 0.4) is 0 Å². The molecule has 0 aliphatic carbocycles. The van der Waals surface area contributed by atoms with Crippen LogP contribution in [0.5, 0.6) is 11.5 Å². The molecular weight excluding hydrogens is 436 g/mol. The third-order valence-corrected chi connectivity index (χ3v) is 6.42. The molecule has 4 rings (SSSR count). The van der Waals surface area contributed by atoms with E-state index in [1.807, 2.05) is 0 Å². The Balaban J connectivity index is 1.46. The normalized spacial score (nSPS) is 16.5. The first-order chi connectivity index (χ1) is 16.5. The van der Waals surface area contributed by atoms with Crippen LogP contribution in [0.25, 0.3) is 0 Å². The Morgan fingerprint density at radius 2 is 1.82 bits per heavy atom. The molecule has 0 bridgehead atoms. The van der Waals surface area contributed by atoms with Gasteiger partial charge in [-0.2, -0.15) is 0 Å². The molecule has 2 heterocycles. The van der Waals surface area contributed by atoms with Gasteiger partial charge >= 0.3 is 11.8 Å². The molecule has 1 unspecified atom stereocenters. The van der Waals surface area contributed by atoms with E-state index in [2.05, 4.69) is 45.7 Å². The van der Waals surface area contributed by atoms with Crippen LogP contribution < -0.4 is 25.0 Å². The van der Waals surface area contributed by atoms with E-state index in [1.165, 1.54) is 25.5 Å². The van der Waals surface area contributed by atoms with E-state index in [0.29, 0.717) is 36.9 Å². The molecule has 0 spiro atoms. The molecule has 34 heavy (non-hydrogen) atoms. The number of nitrogens with one attached hydrogen (secondary N) is 2. The lowest BCUT2D eigenvalue weighted by molar-refractivity contribution is -0.136. The molecule has 0 radical (unpaired) electrons. The number of fused-ring (bicyclic) bond motifs is 1. The lowest BCUT2D eigenvalue weighted by Crippen LogP contribution is -2.45. The molecule has 2 aromatic carbocycles. The lowest BCUT2D eigenvalue weighted by Gasteiger charge is -2.35. The minimum absolute atomic E-state index is 0.0526. The van der Waals surface area contributed by atoms with E-state index in [4.69, 9.17) is 14.2 Å². The number of nitrogens with zero attached hydrogens (tertiary/aromatic N) is 2. The fraction of sp³-hybridized carbons (Fsp3) is 0.440. The zero-order chi connectivity index (χ0) is 24.1. The molecule has 2 aliphatic heterocycles. The summed E-state index contributed by atoms with van der Waals surface area (Å²) in [6.07, 6.45) is 1.01. The van der Waals surface area contributed by atoms with Crippen LogP contribution in [-0.4, -0.2) is 77.4 Å². The van der Waals surface area contributed by atoms with E-state index in [9.17, 15) is 9.59 Å². The summed E-state index contributed by atoms with van der Waals surface area (Å²) < 4.78 is 16.0. The zero-order valence-electron chi connectivity index (χ0n) is 19.9. The van der Waals surface area contributed by atoms with Crippen molar-refractivity contribution in [3.05, 3.63) is 47.5 Å². The molecule has 1 saturated heterocycles. The highest BCUT2D eigenvalue weighted by Gasteiger charge is 2.26. The van der Waals surface area contributed by atoms with Gasteiger partial charge in [0.05, 0.1) is 39.2 Å². The van der Waals surface area contributed by atoms with Crippen molar-refractivity contribution < 1.29 is 23.8 Å². The minimum Gasteiger partial charge on any atom is -0.497 e. The highest BCUT2D eigenvalue weighted by atomic mass is 16.5. The van der Waals surface area contributed by atoms with Crippen LogP contribution >= 0.6 is 0 Å². The maximum atomic E-state index is 12.7. The van der Waals surface area contributed by atoms with E-state index in [1.54, 1.807) is 18.2 Å². The number of hydrogen-bond acceptors (Lipinski definition) is 7. The van der Waals surface area contributed by atoms with Gasteiger partial charge in [0.15, 0.2) is 0 Å². The molecule has 2 N–H and O–H groups in total. The Labute approximate surface area is 200 Å². The Morgan fingerprint density at radius 3 is 2.56 bits per heavy atom. The van der Waals surface area contributed by atoms with Crippen molar-refractivity contribution in [2.45, 2.75) is 12.5 Å². The maximum Gasteiger partial charge on any atom is 0.313 e. The first kappa shape index (κ1) is 23.8. The number of benzene rings is 2. The smallest absolute Gasteiger partial charge is 0.313 e. The summed E-state index contributed by atoms with van der Waals surface area (Å²) in [6.45, 7) is 4.15. The van der Waals surface area contributed by atoms with Crippen LogP contribution in [0.4, 0.5) is 11.4 Å². The summed E-state index contributed by atoms with van der Waals surface area (Å²) in [5.41, 5.74) is 4.06. The van der Waals surface area contributed by atoms with Gasteiger partial charge < -0.3 is 29.7 Å². The third-order valence-electron chi connectivity index (χ3n) is 6.42. The van der Waals surface area contributed by atoms with Gasteiger partial charge in [-0.1, -0.05) is 12.1 Å². The topological polar surface area (TPSA) is 92.4 Å². The van der Waals surface area contributed by atoms with Crippen LogP contribution in [0.15, 0.2) is 36.4 Å². The van der Waals surface area contributed by atoms with Crippen molar-refractivity contribution in [2.24, 2.45) is 0 Å². The molecule has 0 saturated carbocycles. The van der Waals surface area contributed by atoms with Gasteiger partial charge in [-0.25, -0.2) is 0 Å². The molecule has 2 amide bonds. The van der Waals surface area contributed by atoms with Gasteiger partial charge in [0.25, 0.3) is 0 Å². The fourth-order valence-electron chi connectivity index (χ4n) is 4.50. The van der Waals surface area contributed by atoms with Crippen LogP contribution in [0.2, 0.25) is 0 Å². The fourth-order valence-corrected chi connectivity index (χ4v) is 4.50. The van der Waals surface area contributed by atoms with Crippen LogP contribution in [0, 0.1) is 0 Å². The predicted molar refractivity (Wildman–Crippen MR) is 130 cm³/mol. The molecule has 2 aliphatic rings.